The van der Waals surface area contributed by atoms with Gasteiger partial charge in [-0.05, 0) is 42.8 Å². The average molecular weight is 345 g/mol. The molecule has 0 aliphatic heterocycles. The Balaban J connectivity index is 1.99. The van der Waals surface area contributed by atoms with Gasteiger partial charge in [-0.25, -0.2) is 0 Å². The average Bonchev–Trinajstić information content (AvgIpc) is 2.87. The summed E-state index contributed by atoms with van der Waals surface area (Å²) in [5.41, 5.74) is 8.93. The van der Waals surface area contributed by atoms with E-state index in [-0.39, 0.29) is 0 Å². The minimum Gasteiger partial charge on any atom is -0.493 e. The van der Waals surface area contributed by atoms with Gasteiger partial charge < -0.3 is 15.0 Å². The van der Waals surface area contributed by atoms with E-state index in [2.05, 4.69) is 44.9 Å². The highest BCUT2D eigenvalue weighted by Gasteiger charge is 2.08. The molecule has 2 N–H and O–H groups in total. The van der Waals surface area contributed by atoms with Crippen LogP contribution in [-0.4, -0.2) is 11.2 Å². The highest BCUT2D eigenvalue weighted by molar-refractivity contribution is 9.10. The van der Waals surface area contributed by atoms with E-state index in [4.69, 9.17) is 10.5 Å². The Morgan fingerprint density at radius 2 is 2.05 bits per heavy atom. The largest absolute Gasteiger partial charge is 0.493 e. The molecule has 0 bridgehead atoms. The lowest BCUT2D eigenvalue weighted by Crippen LogP contribution is -1.99. The third kappa shape index (κ3) is 2.76. The minimum absolute atomic E-state index is 0.674. The van der Waals surface area contributed by atoms with Gasteiger partial charge in [0.15, 0.2) is 0 Å². The van der Waals surface area contributed by atoms with Crippen LogP contribution in [0.15, 0.2) is 53.1 Å². The maximum atomic E-state index is 5.79. The topological polar surface area (TPSA) is 40.2 Å². The zero-order valence-electron chi connectivity index (χ0n) is 11.8. The van der Waals surface area contributed by atoms with E-state index >= 15 is 0 Å². The normalized spacial score (nSPS) is 11.0. The van der Waals surface area contributed by atoms with E-state index in [9.17, 15) is 0 Å². The molecule has 0 fully saturated rings. The van der Waals surface area contributed by atoms with E-state index in [1.165, 1.54) is 11.1 Å². The van der Waals surface area contributed by atoms with Crippen LogP contribution in [0.5, 0.6) is 5.75 Å². The molecule has 0 radical (unpaired) electrons. The molecule has 0 unspecified atom stereocenters. The van der Waals surface area contributed by atoms with Crippen molar-refractivity contribution in [3.63, 3.8) is 0 Å². The molecule has 3 aromatic rings. The Labute approximate surface area is 132 Å². The van der Waals surface area contributed by atoms with Crippen LogP contribution in [0.1, 0.15) is 12.5 Å². The molecule has 108 valence electrons. The first-order valence-electron chi connectivity index (χ1n) is 6.93. The van der Waals surface area contributed by atoms with Crippen molar-refractivity contribution in [2.24, 2.45) is 0 Å². The Morgan fingerprint density at radius 3 is 2.81 bits per heavy atom. The molecule has 0 aliphatic carbocycles. The summed E-state index contributed by atoms with van der Waals surface area (Å²) in [5, 5.41) is 1.14. The second-order valence-electron chi connectivity index (χ2n) is 4.92. The molecule has 0 saturated carbocycles. The fourth-order valence-electron chi connectivity index (χ4n) is 2.49. The molecule has 0 spiro atoms. The first kappa shape index (κ1) is 14.0. The van der Waals surface area contributed by atoms with Crippen molar-refractivity contribution < 1.29 is 4.74 Å². The molecule has 0 saturated heterocycles. The van der Waals surface area contributed by atoms with E-state index in [1.807, 2.05) is 31.2 Å². The Hall–Kier alpha value is -1.94. The SMILES string of the molecule is CCOc1cccc2c1ccn2Cc1ccc(N)cc1Br. The lowest BCUT2D eigenvalue weighted by atomic mass is 10.2. The zero-order chi connectivity index (χ0) is 14.8. The fourth-order valence-corrected chi connectivity index (χ4v) is 3.01. The van der Waals surface area contributed by atoms with Gasteiger partial charge in [0, 0.05) is 28.3 Å². The van der Waals surface area contributed by atoms with Gasteiger partial charge in [-0.2, -0.15) is 0 Å². The van der Waals surface area contributed by atoms with Crippen LogP contribution in [-0.2, 0) is 6.54 Å². The van der Waals surface area contributed by atoms with Gasteiger partial charge in [-0.15, -0.1) is 0 Å². The summed E-state index contributed by atoms with van der Waals surface area (Å²) in [4.78, 5) is 0. The summed E-state index contributed by atoms with van der Waals surface area (Å²) < 4.78 is 8.93. The summed E-state index contributed by atoms with van der Waals surface area (Å²) in [6, 6.07) is 14.2. The maximum absolute atomic E-state index is 5.79. The standard InChI is InChI=1S/C17H17BrN2O/c1-2-21-17-5-3-4-16-14(17)8-9-20(16)11-12-6-7-13(19)10-15(12)18/h3-10H,2,11,19H2,1H3. The van der Waals surface area contributed by atoms with Gasteiger partial charge in [0.25, 0.3) is 0 Å². The minimum atomic E-state index is 0.674. The number of aromatic nitrogens is 1. The van der Waals surface area contributed by atoms with E-state index < -0.39 is 0 Å². The third-order valence-electron chi connectivity index (χ3n) is 3.49. The lowest BCUT2D eigenvalue weighted by Gasteiger charge is -2.10. The molecule has 1 aromatic heterocycles. The van der Waals surface area contributed by atoms with Crippen molar-refractivity contribution in [2.75, 3.05) is 12.3 Å². The number of nitrogen functional groups attached to an aromatic ring is 1. The molecular formula is C17H17BrN2O. The number of hydrogen-bond donors (Lipinski definition) is 1. The molecule has 21 heavy (non-hydrogen) atoms. The molecule has 0 aliphatic rings. The van der Waals surface area contributed by atoms with Crippen molar-refractivity contribution >= 4 is 32.5 Å². The van der Waals surface area contributed by atoms with Crippen LogP contribution in [0.25, 0.3) is 10.9 Å². The van der Waals surface area contributed by atoms with Crippen LogP contribution < -0.4 is 10.5 Å². The van der Waals surface area contributed by atoms with Crippen molar-refractivity contribution in [1.82, 2.24) is 4.57 Å². The van der Waals surface area contributed by atoms with Gasteiger partial charge in [0.05, 0.1) is 12.1 Å². The van der Waals surface area contributed by atoms with Crippen molar-refractivity contribution in [3.8, 4) is 5.75 Å². The predicted molar refractivity (Wildman–Crippen MR) is 90.8 cm³/mol. The number of benzene rings is 2. The number of nitrogens with two attached hydrogens (primary N) is 1. The smallest absolute Gasteiger partial charge is 0.128 e. The number of ether oxygens (including phenoxy) is 1. The van der Waals surface area contributed by atoms with E-state index in [0.717, 1.165) is 27.8 Å². The first-order chi connectivity index (χ1) is 10.2. The highest BCUT2D eigenvalue weighted by Crippen LogP contribution is 2.28. The summed E-state index contributed by atoms with van der Waals surface area (Å²) in [6.07, 6.45) is 2.09. The molecule has 2 aromatic carbocycles. The fraction of sp³-hybridized carbons (Fsp3) is 0.176. The number of anilines is 1. The predicted octanol–water partition coefficient (Wildman–Crippen LogP) is 4.43. The molecule has 0 atom stereocenters. The van der Waals surface area contributed by atoms with Gasteiger partial charge in [-0.3, -0.25) is 0 Å². The maximum Gasteiger partial charge on any atom is 0.128 e. The Bertz CT molecular complexity index is 780. The first-order valence-corrected chi connectivity index (χ1v) is 7.73. The number of halogens is 1. The van der Waals surface area contributed by atoms with Crippen LogP contribution in [0.3, 0.4) is 0 Å². The van der Waals surface area contributed by atoms with Crippen molar-refractivity contribution in [3.05, 3.63) is 58.7 Å². The van der Waals surface area contributed by atoms with Gasteiger partial charge in [0.1, 0.15) is 5.75 Å². The van der Waals surface area contributed by atoms with Crippen molar-refractivity contribution in [1.29, 1.82) is 0 Å². The van der Waals surface area contributed by atoms with Crippen LogP contribution in [0.4, 0.5) is 5.69 Å². The molecule has 1 heterocycles. The van der Waals surface area contributed by atoms with Crippen LogP contribution >= 0.6 is 15.9 Å². The summed E-state index contributed by atoms with van der Waals surface area (Å²) >= 11 is 3.58. The molecule has 3 nitrogen and oxygen atoms in total. The molecule has 4 heteroatoms. The summed E-state index contributed by atoms with van der Waals surface area (Å²) in [6.45, 7) is 3.47. The zero-order valence-corrected chi connectivity index (χ0v) is 13.4. The number of fused-ring (bicyclic) bond motifs is 1. The second-order valence-corrected chi connectivity index (χ2v) is 5.77. The Morgan fingerprint density at radius 1 is 1.19 bits per heavy atom. The van der Waals surface area contributed by atoms with Gasteiger partial charge in [-0.1, -0.05) is 28.1 Å². The molecule has 3 rings (SSSR count). The van der Waals surface area contributed by atoms with Crippen molar-refractivity contribution in [2.45, 2.75) is 13.5 Å². The number of nitrogens with zero attached hydrogens (tertiary/aromatic N) is 1. The van der Waals surface area contributed by atoms with Crippen LogP contribution in [0, 0.1) is 0 Å². The highest BCUT2D eigenvalue weighted by atomic mass is 79.9. The Kier molecular flexibility index (Phi) is 3.88. The van der Waals surface area contributed by atoms with Gasteiger partial charge in [0.2, 0.25) is 0 Å². The van der Waals surface area contributed by atoms with Crippen LogP contribution in [0.2, 0.25) is 0 Å². The third-order valence-corrected chi connectivity index (χ3v) is 4.23. The van der Waals surface area contributed by atoms with Gasteiger partial charge >= 0.3 is 0 Å². The molecule has 0 amide bonds. The summed E-state index contributed by atoms with van der Waals surface area (Å²) in [5.74, 6) is 0.935. The second kappa shape index (κ2) is 5.82. The number of rotatable bonds is 4. The monoisotopic (exact) mass is 344 g/mol. The lowest BCUT2D eigenvalue weighted by molar-refractivity contribution is 0.344. The van der Waals surface area contributed by atoms with E-state index in [1.54, 1.807) is 0 Å². The number of hydrogen-bond acceptors (Lipinski definition) is 2. The quantitative estimate of drug-likeness (QED) is 0.711. The molecular weight excluding hydrogens is 328 g/mol. The summed E-state index contributed by atoms with van der Waals surface area (Å²) in [7, 11) is 0. The van der Waals surface area contributed by atoms with E-state index in [0.29, 0.717) is 6.61 Å².